The zero-order valence-electron chi connectivity index (χ0n) is 15.8. The molecular weight excluding hydrogens is 379 g/mol. The fourth-order valence-corrected chi connectivity index (χ4v) is 3.23. The molecule has 0 fully saturated rings. The monoisotopic (exact) mass is 403 g/mol. The van der Waals surface area contributed by atoms with E-state index in [1.165, 1.54) is 13.8 Å². The molecule has 148 valence electrons. The number of carbonyl (C=O) groups is 2. The van der Waals surface area contributed by atoms with Crippen LogP contribution in [0.3, 0.4) is 0 Å². The maximum absolute atomic E-state index is 12.2. The quantitative estimate of drug-likeness (QED) is 0.593. The molecule has 0 aliphatic heterocycles. The molecule has 0 saturated heterocycles. The first-order chi connectivity index (χ1) is 13.5. The van der Waals surface area contributed by atoms with Crippen LogP contribution in [0.1, 0.15) is 37.1 Å². The molecule has 0 aliphatic carbocycles. The van der Waals surface area contributed by atoms with Crippen molar-refractivity contribution in [2.45, 2.75) is 25.9 Å². The van der Waals surface area contributed by atoms with E-state index in [2.05, 4.69) is 10.6 Å². The van der Waals surface area contributed by atoms with E-state index in [1.807, 2.05) is 60.7 Å². The maximum atomic E-state index is 12.2. The predicted molar refractivity (Wildman–Crippen MR) is 106 cm³/mol. The van der Waals surface area contributed by atoms with E-state index >= 15 is 0 Å². The molecule has 0 aromatic heterocycles. The second-order valence-electron chi connectivity index (χ2n) is 6.14. The average molecular weight is 403 g/mol. The van der Waals surface area contributed by atoms with Gasteiger partial charge in [-0.1, -0.05) is 60.7 Å². The number of hydrogen-bond acceptors (Lipinski definition) is 5. The Labute approximate surface area is 165 Å². The topological polar surface area (TPSA) is 93.7 Å². The van der Waals surface area contributed by atoms with Gasteiger partial charge >= 0.3 is 8.25 Å². The summed E-state index contributed by atoms with van der Waals surface area (Å²) in [5, 5.41) is 5.53. The van der Waals surface area contributed by atoms with E-state index in [0.29, 0.717) is 0 Å². The van der Waals surface area contributed by atoms with Gasteiger partial charge in [0.25, 0.3) is 0 Å². The van der Waals surface area contributed by atoms with Crippen molar-refractivity contribution >= 4 is 20.1 Å². The van der Waals surface area contributed by atoms with E-state index < -0.39 is 20.3 Å². The molecule has 0 aliphatic rings. The van der Waals surface area contributed by atoms with Gasteiger partial charge in [-0.3, -0.25) is 9.59 Å². The van der Waals surface area contributed by atoms with E-state index in [1.54, 1.807) is 0 Å². The van der Waals surface area contributed by atoms with Crippen LogP contribution in [0.2, 0.25) is 0 Å². The van der Waals surface area contributed by atoms with Gasteiger partial charge in [-0.05, 0) is 11.1 Å². The first-order valence-corrected chi connectivity index (χ1v) is 9.92. The van der Waals surface area contributed by atoms with E-state index in [9.17, 15) is 14.2 Å². The summed E-state index contributed by atoms with van der Waals surface area (Å²) in [5.41, 5.74) is 1.67. The Morgan fingerprint density at radius 1 is 0.786 bits per heavy atom. The van der Waals surface area contributed by atoms with Crippen molar-refractivity contribution in [1.82, 2.24) is 10.6 Å². The van der Waals surface area contributed by atoms with Crippen molar-refractivity contribution in [1.29, 1.82) is 0 Å². The van der Waals surface area contributed by atoms with Crippen LogP contribution in [0, 0.1) is 0 Å². The van der Waals surface area contributed by atoms with Crippen molar-refractivity contribution < 1.29 is 23.2 Å². The highest BCUT2D eigenvalue weighted by molar-refractivity contribution is 7.33. The minimum Gasteiger partial charge on any atom is -0.347 e. The molecule has 0 bridgehead atoms. The normalized spacial score (nSPS) is 13.3. The third-order valence-corrected chi connectivity index (χ3v) is 4.57. The summed E-state index contributed by atoms with van der Waals surface area (Å²) in [4.78, 5) is 22.9. The molecule has 7 nitrogen and oxygen atoms in total. The third kappa shape index (κ3) is 7.56. The molecule has 2 amide bonds. The SMILES string of the molecule is CC(=O)NC(CO[P+](=O)OCC(NC(C)=O)c1ccccc1)c1ccccc1. The van der Waals surface area contributed by atoms with Crippen LogP contribution in [-0.2, 0) is 23.2 Å². The van der Waals surface area contributed by atoms with Crippen molar-refractivity contribution in [2.24, 2.45) is 0 Å². The van der Waals surface area contributed by atoms with Gasteiger partial charge in [0.2, 0.25) is 11.8 Å². The lowest BCUT2D eigenvalue weighted by Gasteiger charge is -2.16. The van der Waals surface area contributed by atoms with Crippen LogP contribution in [-0.4, -0.2) is 25.0 Å². The van der Waals surface area contributed by atoms with Crippen molar-refractivity contribution in [3.05, 3.63) is 71.8 Å². The Bertz CT molecular complexity index is 720. The fraction of sp³-hybridized carbons (Fsp3) is 0.300. The Hall–Kier alpha value is -2.60. The predicted octanol–water partition coefficient (Wildman–Crippen LogP) is 3.43. The summed E-state index contributed by atoms with van der Waals surface area (Å²) < 4.78 is 22.8. The molecule has 0 saturated carbocycles. The molecule has 2 unspecified atom stereocenters. The summed E-state index contributed by atoms with van der Waals surface area (Å²) in [6.45, 7) is 2.80. The van der Waals surface area contributed by atoms with Gasteiger partial charge in [-0.2, -0.15) is 0 Å². The zero-order valence-corrected chi connectivity index (χ0v) is 16.7. The summed E-state index contributed by atoms with van der Waals surface area (Å²) >= 11 is 0. The first-order valence-electron chi connectivity index (χ1n) is 8.83. The minimum absolute atomic E-state index is 0.00502. The summed E-state index contributed by atoms with van der Waals surface area (Å²) in [5.74, 6) is -0.438. The molecule has 2 aromatic rings. The van der Waals surface area contributed by atoms with E-state index in [4.69, 9.17) is 9.05 Å². The van der Waals surface area contributed by atoms with Crippen LogP contribution in [0.15, 0.2) is 60.7 Å². The summed E-state index contributed by atoms with van der Waals surface area (Å²) in [7, 11) is -2.43. The smallest absolute Gasteiger partial charge is 0.347 e. The molecule has 2 atom stereocenters. The Balaban J connectivity index is 1.92. The third-order valence-electron chi connectivity index (χ3n) is 3.85. The van der Waals surface area contributed by atoms with Crippen LogP contribution < -0.4 is 10.6 Å². The van der Waals surface area contributed by atoms with Gasteiger partial charge in [-0.15, -0.1) is 9.05 Å². The van der Waals surface area contributed by atoms with Gasteiger partial charge in [0.15, 0.2) is 0 Å². The largest absolute Gasteiger partial charge is 0.697 e. The van der Waals surface area contributed by atoms with E-state index in [-0.39, 0.29) is 25.0 Å². The van der Waals surface area contributed by atoms with Gasteiger partial charge in [0.05, 0.1) is 12.1 Å². The number of carbonyl (C=O) groups excluding carboxylic acids is 2. The van der Waals surface area contributed by atoms with Crippen LogP contribution >= 0.6 is 8.25 Å². The number of rotatable bonds is 10. The highest BCUT2D eigenvalue weighted by Crippen LogP contribution is 2.28. The van der Waals surface area contributed by atoms with Gasteiger partial charge in [-0.25, -0.2) is 0 Å². The van der Waals surface area contributed by atoms with Crippen molar-refractivity contribution in [3.63, 3.8) is 0 Å². The lowest BCUT2D eigenvalue weighted by molar-refractivity contribution is -0.120. The molecule has 28 heavy (non-hydrogen) atoms. The van der Waals surface area contributed by atoms with Crippen LogP contribution in [0.5, 0.6) is 0 Å². The van der Waals surface area contributed by atoms with Gasteiger partial charge in [0, 0.05) is 18.4 Å². The van der Waals surface area contributed by atoms with Crippen molar-refractivity contribution in [3.8, 4) is 0 Å². The Morgan fingerprint density at radius 2 is 1.14 bits per heavy atom. The number of hydrogen-bond donors (Lipinski definition) is 2. The highest BCUT2D eigenvalue weighted by atomic mass is 31.1. The molecule has 0 heterocycles. The van der Waals surface area contributed by atoms with E-state index in [0.717, 1.165) is 11.1 Å². The molecule has 0 spiro atoms. The summed E-state index contributed by atoms with van der Waals surface area (Å²) in [6, 6.07) is 17.6. The first kappa shape index (κ1) is 21.7. The summed E-state index contributed by atoms with van der Waals surface area (Å²) in [6.07, 6.45) is 0. The molecule has 2 rings (SSSR count). The molecule has 8 heteroatoms. The molecule has 2 aromatic carbocycles. The zero-order chi connectivity index (χ0) is 20.4. The second kappa shape index (κ2) is 11.3. The standard InChI is InChI=1S/C20H23N2O5P/c1-15(23)21-19(17-9-5-3-6-10-17)13-26-28(25)27-14-20(22-16(2)24)18-11-7-4-8-12-18/h3-12,19-20H,13-14H2,1-2H3,(H-,21,22,23,24)/p+1. The molecular formula is C20H24N2O5P+. The fourth-order valence-electron chi connectivity index (χ4n) is 2.61. The average Bonchev–Trinajstić information content (AvgIpc) is 2.69. The lowest BCUT2D eigenvalue weighted by atomic mass is 10.1. The number of nitrogens with one attached hydrogen (secondary N) is 2. The second-order valence-corrected chi connectivity index (χ2v) is 7.11. The molecule has 0 radical (unpaired) electrons. The van der Waals surface area contributed by atoms with Gasteiger partial charge in [0.1, 0.15) is 13.2 Å². The van der Waals surface area contributed by atoms with Crippen LogP contribution in [0.4, 0.5) is 0 Å². The molecule has 2 N–H and O–H groups in total. The number of benzene rings is 2. The minimum atomic E-state index is -2.43. The number of amides is 2. The highest BCUT2D eigenvalue weighted by Gasteiger charge is 2.27. The van der Waals surface area contributed by atoms with Crippen LogP contribution in [0.25, 0.3) is 0 Å². The van der Waals surface area contributed by atoms with Crippen molar-refractivity contribution in [2.75, 3.05) is 13.2 Å². The maximum Gasteiger partial charge on any atom is 0.697 e. The lowest BCUT2D eigenvalue weighted by Crippen LogP contribution is -2.29. The van der Waals surface area contributed by atoms with Gasteiger partial charge < -0.3 is 10.6 Å². The Kier molecular flexibility index (Phi) is 8.75. The Morgan fingerprint density at radius 3 is 1.46 bits per heavy atom.